The summed E-state index contributed by atoms with van der Waals surface area (Å²) in [6.07, 6.45) is -0.201. The van der Waals surface area contributed by atoms with Gasteiger partial charge in [-0.2, -0.15) is 0 Å². The van der Waals surface area contributed by atoms with Crippen molar-refractivity contribution in [2.45, 2.75) is 25.0 Å². The van der Waals surface area contributed by atoms with Crippen LogP contribution in [0.15, 0.2) is 23.1 Å². The Labute approximate surface area is 112 Å². The normalized spacial score (nSPS) is 11.1. The van der Waals surface area contributed by atoms with Crippen LogP contribution in [0, 0.1) is 0 Å². The van der Waals surface area contributed by atoms with E-state index in [1.807, 2.05) is 19.9 Å². The molecular weight excluding hydrogens is 258 g/mol. The highest BCUT2D eigenvalue weighted by Crippen LogP contribution is 2.29. The molecule has 2 N–H and O–H groups in total. The molecule has 96 valence electrons. The zero-order valence-electron chi connectivity index (χ0n) is 10.1. The topological polar surface area (TPSA) is 44.5 Å². The Morgan fingerprint density at radius 2 is 1.94 bits per heavy atom. The number of thioether (sulfide) groups is 1. The molecule has 0 spiro atoms. The second kappa shape index (κ2) is 7.82. The Bertz CT molecular complexity index is 343. The molecule has 0 saturated carbocycles. The minimum Gasteiger partial charge on any atom is -0.398 e. The lowest BCUT2D eigenvalue weighted by atomic mass is 10.3. The fraction of sp³-hybridized carbons (Fsp3) is 0.500. The molecule has 0 amide bonds. The van der Waals surface area contributed by atoms with Crippen LogP contribution in [0.5, 0.6) is 0 Å². The number of rotatable bonds is 7. The highest BCUT2D eigenvalue weighted by molar-refractivity contribution is 7.99. The molecule has 1 aromatic carbocycles. The number of ether oxygens (including phenoxy) is 2. The van der Waals surface area contributed by atoms with E-state index in [4.69, 9.17) is 26.8 Å². The lowest BCUT2D eigenvalue weighted by Crippen LogP contribution is -2.20. The zero-order chi connectivity index (χ0) is 12.7. The van der Waals surface area contributed by atoms with E-state index in [0.717, 1.165) is 10.6 Å². The molecule has 0 aliphatic carbocycles. The van der Waals surface area contributed by atoms with Crippen LogP contribution in [0.25, 0.3) is 0 Å². The van der Waals surface area contributed by atoms with Gasteiger partial charge in [0.25, 0.3) is 0 Å². The Morgan fingerprint density at radius 1 is 1.29 bits per heavy atom. The van der Waals surface area contributed by atoms with E-state index in [1.165, 1.54) is 0 Å². The van der Waals surface area contributed by atoms with Crippen molar-refractivity contribution in [1.82, 2.24) is 0 Å². The fourth-order valence-electron chi connectivity index (χ4n) is 1.31. The lowest BCUT2D eigenvalue weighted by Gasteiger charge is -2.16. The monoisotopic (exact) mass is 275 g/mol. The van der Waals surface area contributed by atoms with Crippen molar-refractivity contribution in [3.8, 4) is 0 Å². The van der Waals surface area contributed by atoms with Gasteiger partial charge in [0.05, 0.1) is 0 Å². The SMILES string of the molecule is CCOC(CSc1cc(Cl)ccc1N)OCC. The van der Waals surface area contributed by atoms with Crippen molar-refractivity contribution in [3.63, 3.8) is 0 Å². The predicted octanol–water partition coefficient (Wildman–Crippen LogP) is 3.41. The number of anilines is 1. The molecule has 3 nitrogen and oxygen atoms in total. The van der Waals surface area contributed by atoms with Gasteiger partial charge in [-0.3, -0.25) is 0 Å². The van der Waals surface area contributed by atoms with Gasteiger partial charge in [-0.15, -0.1) is 11.8 Å². The first-order valence-corrected chi connectivity index (χ1v) is 6.94. The smallest absolute Gasteiger partial charge is 0.166 e. The molecule has 5 heteroatoms. The standard InChI is InChI=1S/C12H18ClNO2S/c1-3-15-12(16-4-2)8-17-11-7-9(13)5-6-10(11)14/h5-7,12H,3-4,8,14H2,1-2H3. The second-order valence-electron chi connectivity index (χ2n) is 3.33. The molecule has 0 unspecified atom stereocenters. The quantitative estimate of drug-likeness (QED) is 0.470. The third-order valence-corrected chi connectivity index (χ3v) is 3.39. The molecule has 17 heavy (non-hydrogen) atoms. The maximum absolute atomic E-state index is 5.92. The molecule has 1 rings (SSSR count). The molecule has 1 aromatic rings. The number of benzene rings is 1. The van der Waals surface area contributed by atoms with Gasteiger partial charge < -0.3 is 15.2 Å². The van der Waals surface area contributed by atoms with Crippen molar-refractivity contribution in [3.05, 3.63) is 23.2 Å². The van der Waals surface area contributed by atoms with Crippen molar-refractivity contribution < 1.29 is 9.47 Å². The number of nitrogens with two attached hydrogens (primary N) is 1. The summed E-state index contributed by atoms with van der Waals surface area (Å²) in [5, 5.41) is 0.686. The van der Waals surface area contributed by atoms with Crippen molar-refractivity contribution >= 4 is 29.1 Å². The molecule has 0 fully saturated rings. The first-order valence-electron chi connectivity index (χ1n) is 5.58. The highest BCUT2D eigenvalue weighted by Gasteiger charge is 2.10. The largest absolute Gasteiger partial charge is 0.398 e. The number of nitrogen functional groups attached to an aromatic ring is 1. The van der Waals surface area contributed by atoms with Crippen LogP contribution in [-0.2, 0) is 9.47 Å². The molecule has 0 saturated heterocycles. The Balaban J connectivity index is 2.55. The van der Waals surface area contributed by atoms with Crippen molar-refractivity contribution in [1.29, 1.82) is 0 Å². The third-order valence-electron chi connectivity index (χ3n) is 2.06. The average Bonchev–Trinajstić information content (AvgIpc) is 2.30. The van der Waals surface area contributed by atoms with Gasteiger partial charge in [0.15, 0.2) is 6.29 Å². The summed E-state index contributed by atoms with van der Waals surface area (Å²) in [6.45, 7) is 5.17. The molecular formula is C12H18ClNO2S. The highest BCUT2D eigenvalue weighted by atomic mass is 35.5. The molecule has 0 aromatic heterocycles. The zero-order valence-corrected chi connectivity index (χ0v) is 11.7. The summed E-state index contributed by atoms with van der Waals surface area (Å²) in [7, 11) is 0. The van der Waals surface area contributed by atoms with E-state index in [-0.39, 0.29) is 6.29 Å². The average molecular weight is 276 g/mol. The van der Waals surface area contributed by atoms with Crippen LogP contribution >= 0.6 is 23.4 Å². The third kappa shape index (κ3) is 5.17. The Kier molecular flexibility index (Phi) is 6.73. The Hall–Kier alpha value is -0.420. The molecule has 0 aliphatic heterocycles. The van der Waals surface area contributed by atoms with Gasteiger partial charge in [0.2, 0.25) is 0 Å². The minimum atomic E-state index is -0.201. The van der Waals surface area contributed by atoms with Crippen LogP contribution < -0.4 is 5.73 Å². The first-order chi connectivity index (χ1) is 8.17. The van der Waals surface area contributed by atoms with Crippen molar-refractivity contribution in [2.24, 2.45) is 0 Å². The summed E-state index contributed by atoms with van der Waals surface area (Å²) in [6, 6.07) is 5.45. The maximum atomic E-state index is 5.92. The van der Waals surface area contributed by atoms with E-state index in [1.54, 1.807) is 23.9 Å². The van der Waals surface area contributed by atoms with E-state index in [0.29, 0.717) is 24.0 Å². The van der Waals surface area contributed by atoms with Gasteiger partial charge >= 0.3 is 0 Å². The number of hydrogen-bond acceptors (Lipinski definition) is 4. The van der Waals surface area contributed by atoms with Gasteiger partial charge in [-0.05, 0) is 32.0 Å². The minimum absolute atomic E-state index is 0.201. The fourth-order valence-corrected chi connectivity index (χ4v) is 2.50. The lowest BCUT2D eigenvalue weighted by molar-refractivity contribution is -0.120. The van der Waals surface area contributed by atoms with Crippen LogP contribution in [0.1, 0.15) is 13.8 Å². The molecule has 0 atom stereocenters. The van der Waals surface area contributed by atoms with Crippen LogP contribution in [0.2, 0.25) is 5.02 Å². The summed E-state index contributed by atoms with van der Waals surface area (Å²) >= 11 is 7.51. The van der Waals surface area contributed by atoms with Crippen LogP contribution in [0.4, 0.5) is 5.69 Å². The van der Waals surface area contributed by atoms with Gasteiger partial charge in [0.1, 0.15) is 0 Å². The van der Waals surface area contributed by atoms with Crippen LogP contribution in [-0.4, -0.2) is 25.3 Å². The molecule has 0 radical (unpaired) electrons. The summed E-state index contributed by atoms with van der Waals surface area (Å²) in [5.41, 5.74) is 6.59. The second-order valence-corrected chi connectivity index (χ2v) is 4.83. The molecule has 0 bridgehead atoms. The molecule has 0 heterocycles. The summed E-state index contributed by atoms with van der Waals surface area (Å²) < 4.78 is 10.9. The first kappa shape index (κ1) is 14.6. The van der Waals surface area contributed by atoms with E-state index in [9.17, 15) is 0 Å². The van der Waals surface area contributed by atoms with Gasteiger partial charge in [0, 0.05) is 34.6 Å². The van der Waals surface area contributed by atoms with E-state index in [2.05, 4.69) is 0 Å². The number of halogens is 1. The van der Waals surface area contributed by atoms with E-state index >= 15 is 0 Å². The predicted molar refractivity (Wildman–Crippen MR) is 73.6 cm³/mol. The number of hydrogen-bond donors (Lipinski definition) is 1. The summed E-state index contributed by atoms with van der Waals surface area (Å²) in [4.78, 5) is 0.960. The van der Waals surface area contributed by atoms with Crippen molar-refractivity contribution in [2.75, 3.05) is 24.7 Å². The molecule has 0 aliphatic rings. The van der Waals surface area contributed by atoms with E-state index < -0.39 is 0 Å². The summed E-state index contributed by atoms with van der Waals surface area (Å²) in [5.74, 6) is 0.701. The maximum Gasteiger partial charge on any atom is 0.166 e. The van der Waals surface area contributed by atoms with Gasteiger partial charge in [-0.25, -0.2) is 0 Å². The van der Waals surface area contributed by atoms with Gasteiger partial charge in [-0.1, -0.05) is 11.6 Å². The Morgan fingerprint density at radius 3 is 2.53 bits per heavy atom. The van der Waals surface area contributed by atoms with Crippen LogP contribution in [0.3, 0.4) is 0 Å².